The van der Waals surface area contributed by atoms with E-state index in [2.05, 4.69) is 6.08 Å². The van der Waals surface area contributed by atoms with Crippen LogP contribution in [0.4, 0.5) is 0 Å². The maximum absolute atomic E-state index is 11.5. The molecule has 92 valence electrons. The van der Waals surface area contributed by atoms with Crippen LogP contribution in [0.3, 0.4) is 0 Å². The summed E-state index contributed by atoms with van der Waals surface area (Å²) in [6.07, 6.45) is 15.3. The first-order valence-electron chi connectivity index (χ1n) is 6.59. The average molecular weight is 224 g/mol. The number of esters is 1. The van der Waals surface area contributed by atoms with Crippen molar-refractivity contribution in [1.29, 1.82) is 0 Å². The van der Waals surface area contributed by atoms with E-state index in [1.165, 1.54) is 45.6 Å². The molecule has 1 aliphatic carbocycles. The molecule has 1 unspecified atom stereocenters. The zero-order chi connectivity index (χ0) is 11.6. The smallest absolute Gasteiger partial charge is 0.312 e. The Balaban J connectivity index is 2.44. The molecule has 1 aliphatic rings. The van der Waals surface area contributed by atoms with Gasteiger partial charge < -0.3 is 4.74 Å². The van der Waals surface area contributed by atoms with E-state index in [4.69, 9.17) is 4.74 Å². The van der Waals surface area contributed by atoms with Gasteiger partial charge in [0, 0.05) is 0 Å². The molecular formula is C14H24O2. The summed E-state index contributed by atoms with van der Waals surface area (Å²) >= 11 is 0. The van der Waals surface area contributed by atoms with Gasteiger partial charge in [-0.3, -0.25) is 4.79 Å². The highest BCUT2D eigenvalue weighted by molar-refractivity contribution is 5.74. The highest BCUT2D eigenvalue weighted by Crippen LogP contribution is 2.17. The fourth-order valence-electron chi connectivity index (χ4n) is 2.21. The van der Waals surface area contributed by atoms with Crippen LogP contribution in [-0.2, 0) is 9.53 Å². The largest absolute Gasteiger partial charge is 0.469 e. The van der Waals surface area contributed by atoms with Gasteiger partial charge in [-0.2, -0.15) is 0 Å². The molecular weight excluding hydrogens is 200 g/mol. The van der Waals surface area contributed by atoms with E-state index in [0.29, 0.717) is 0 Å². The van der Waals surface area contributed by atoms with E-state index >= 15 is 0 Å². The second kappa shape index (κ2) is 8.37. The molecule has 1 rings (SSSR count). The van der Waals surface area contributed by atoms with Crippen LogP contribution in [-0.4, -0.2) is 13.1 Å². The minimum atomic E-state index is -0.0756. The van der Waals surface area contributed by atoms with E-state index in [-0.39, 0.29) is 11.9 Å². The third-order valence-corrected chi connectivity index (χ3v) is 3.26. The molecule has 0 spiro atoms. The summed E-state index contributed by atoms with van der Waals surface area (Å²) in [5, 5.41) is 0. The molecule has 0 aromatic carbocycles. The molecule has 0 bridgehead atoms. The summed E-state index contributed by atoms with van der Waals surface area (Å²) in [5.74, 6) is -0.0854. The minimum absolute atomic E-state index is 0.00979. The Morgan fingerprint density at radius 3 is 2.38 bits per heavy atom. The van der Waals surface area contributed by atoms with E-state index in [9.17, 15) is 4.79 Å². The molecule has 2 heteroatoms. The molecule has 0 aliphatic heterocycles. The van der Waals surface area contributed by atoms with Crippen LogP contribution >= 0.6 is 0 Å². The van der Waals surface area contributed by atoms with Crippen LogP contribution in [0.5, 0.6) is 0 Å². The van der Waals surface area contributed by atoms with Gasteiger partial charge in [-0.25, -0.2) is 0 Å². The van der Waals surface area contributed by atoms with Crippen LogP contribution in [0, 0.1) is 5.92 Å². The Kier molecular flexibility index (Phi) is 6.95. The topological polar surface area (TPSA) is 26.3 Å². The predicted molar refractivity (Wildman–Crippen MR) is 66.2 cm³/mol. The van der Waals surface area contributed by atoms with Gasteiger partial charge in [0.2, 0.25) is 0 Å². The second-order valence-electron chi connectivity index (χ2n) is 4.61. The Labute approximate surface area is 99.1 Å². The van der Waals surface area contributed by atoms with Crippen molar-refractivity contribution in [2.45, 2.75) is 57.8 Å². The van der Waals surface area contributed by atoms with Crippen LogP contribution < -0.4 is 0 Å². The van der Waals surface area contributed by atoms with Crippen LogP contribution in [0.15, 0.2) is 12.2 Å². The van der Waals surface area contributed by atoms with Gasteiger partial charge in [0.1, 0.15) is 0 Å². The lowest BCUT2D eigenvalue weighted by Crippen LogP contribution is -2.14. The Morgan fingerprint density at radius 1 is 1.06 bits per heavy atom. The third kappa shape index (κ3) is 5.34. The lowest BCUT2D eigenvalue weighted by atomic mass is 9.97. The second-order valence-corrected chi connectivity index (χ2v) is 4.61. The number of hydrogen-bond donors (Lipinski definition) is 0. The van der Waals surface area contributed by atoms with Crippen LogP contribution in [0.2, 0.25) is 0 Å². The molecule has 0 fully saturated rings. The van der Waals surface area contributed by atoms with Crippen molar-refractivity contribution in [2.75, 3.05) is 7.11 Å². The summed E-state index contributed by atoms with van der Waals surface area (Å²) in [6.45, 7) is 0. The summed E-state index contributed by atoms with van der Waals surface area (Å²) in [6, 6.07) is 0. The van der Waals surface area contributed by atoms with Gasteiger partial charge in [0.25, 0.3) is 0 Å². The van der Waals surface area contributed by atoms with Gasteiger partial charge in [0.15, 0.2) is 0 Å². The quantitative estimate of drug-likeness (QED) is 0.499. The molecule has 1 atom stereocenters. The van der Waals surface area contributed by atoms with Crippen molar-refractivity contribution in [2.24, 2.45) is 5.92 Å². The monoisotopic (exact) mass is 224 g/mol. The van der Waals surface area contributed by atoms with Gasteiger partial charge in [0.05, 0.1) is 13.0 Å². The zero-order valence-corrected chi connectivity index (χ0v) is 10.4. The molecule has 0 amide bonds. The predicted octanol–water partition coefficient (Wildman–Crippen LogP) is 3.86. The Morgan fingerprint density at radius 2 is 1.69 bits per heavy atom. The molecule has 0 saturated carbocycles. The normalized spacial score (nSPS) is 26.2. The van der Waals surface area contributed by atoms with Gasteiger partial charge in [-0.15, -0.1) is 0 Å². The summed E-state index contributed by atoms with van der Waals surface area (Å²) in [5.41, 5.74) is 0. The molecule has 0 aromatic heterocycles. The fourth-order valence-corrected chi connectivity index (χ4v) is 2.21. The molecule has 0 N–H and O–H groups in total. The zero-order valence-electron chi connectivity index (χ0n) is 10.4. The average Bonchev–Trinajstić information content (AvgIpc) is 2.29. The minimum Gasteiger partial charge on any atom is -0.469 e. The standard InChI is InChI=1S/C14H24O2/c1-16-14(15)13-11-9-7-5-3-2-4-6-8-10-12-13/h9,11,13H,2-8,10,12H2,1H3/b11-9-. The van der Waals surface area contributed by atoms with Crippen LogP contribution in [0.1, 0.15) is 57.8 Å². The fraction of sp³-hybridized carbons (Fsp3) is 0.786. The number of ether oxygens (including phenoxy) is 1. The van der Waals surface area contributed by atoms with Gasteiger partial charge in [-0.05, 0) is 19.3 Å². The number of carbonyl (C=O) groups excluding carboxylic acids is 1. The van der Waals surface area contributed by atoms with Crippen molar-refractivity contribution >= 4 is 5.97 Å². The lowest BCUT2D eigenvalue weighted by molar-refractivity contribution is -0.143. The number of allylic oxidation sites excluding steroid dienone is 1. The molecule has 2 nitrogen and oxygen atoms in total. The first-order valence-corrected chi connectivity index (χ1v) is 6.59. The summed E-state index contributed by atoms with van der Waals surface area (Å²) in [4.78, 5) is 11.5. The summed E-state index contributed by atoms with van der Waals surface area (Å²) in [7, 11) is 1.48. The van der Waals surface area contributed by atoms with Crippen molar-refractivity contribution in [3.05, 3.63) is 12.2 Å². The first-order chi connectivity index (χ1) is 7.84. The van der Waals surface area contributed by atoms with Gasteiger partial charge in [-0.1, -0.05) is 50.7 Å². The third-order valence-electron chi connectivity index (χ3n) is 3.26. The van der Waals surface area contributed by atoms with Crippen molar-refractivity contribution in [1.82, 2.24) is 0 Å². The van der Waals surface area contributed by atoms with E-state index in [1.54, 1.807) is 0 Å². The van der Waals surface area contributed by atoms with Crippen LogP contribution in [0.25, 0.3) is 0 Å². The highest BCUT2D eigenvalue weighted by Gasteiger charge is 2.15. The van der Waals surface area contributed by atoms with E-state index < -0.39 is 0 Å². The maximum Gasteiger partial charge on any atom is 0.312 e. The number of hydrogen-bond acceptors (Lipinski definition) is 2. The molecule has 0 heterocycles. The summed E-state index contributed by atoms with van der Waals surface area (Å²) < 4.78 is 4.82. The van der Waals surface area contributed by atoms with Gasteiger partial charge >= 0.3 is 5.97 Å². The highest BCUT2D eigenvalue weighted by atomic mass is 16.5. The van der Waals surface area contributed by atoms with Crippen molar-refractivity contribution in [3.8, 4) is 0 Å². The Hall–Kier alpha value is -0.790. The molecule has 0 radical (unpaired) electrons. The maximum atomic E-state index is 11.5. The first kappa shape index (κ1) is 13.3. The molecule has 0 aromatic rings. The Bertz CT molecular complexity index is 221. The number of carbonyl (C=O) groups is 1. The SMILES string of the molecule is COC(=O)C1/C=C\CCCCCCCCC1. The lowest BCUT2D eigenvalue weighted by Gasteiger charge is -2.11. The van der Waals surface area contributed by atoms with E-state index in [0.717, 1.165) is 19.3 Å². The number of rotatable bonds is 1. The van der Waals surface area contributed by atoms with E-state index in [1.807, 2.05) is 6.08 Å². The molecule has 16 heavy (non-hydrogen) atoms. The van der Waals surface area contributed by atoms with Crippen molar-refractivity contribution in [3.63, 3.8) is 0 Å². The van der Waals surface area contributed by atoms with Crippen molar-refractivity contribution < 1.29 is 9.53 Å². The number of methoxy groups -OCH3 is 1. The molecule has 0 saturated heterocycles.